The van der Waals surface area contributed by atoms with Crippen LogP contribution in [0, 0.1) is 19.6 Å². The van der Waals surface area contributed by atoms with Gasteiger partial charge in [-0.3, -0.25) is 10.1 Å². The Morgan fingerprint density at radius 1 is 1.44 bits per heavy atom. The number of piperidine rings is 1. The lowest BCUT2D eigenvalue weighted by Crippen LogP contribution is -2.35. The molecule has 0 aliphatic carbocycles. The van der Waals surface area contributed by atoms with Gasteiger partial charge in [-0.2, -0.15) is 0 Å². The van der Waals surface area contributed by atoms with Crippen molar-refractivity contribution >= 4 is 34.0 Å². The van der Waals surface area contributed by atoms with Crippen molar-refractivity contribution in [3.05, 3.63) is 31.9 Å². The van der Waals surface area contributed by atoms with Crippen LogP contribution in [0.15, 0.2) is 18.2 Å². The number of nitrogens with zero attached hydrogens (tertiary/aromatic N) is 2. The number of aliphatic hydroxyl groups excluding tert-OH is 1. The zero-order valence-electron chi connectivity index (χ0n) is 9.88. The number of halogens is 1. The first-order valence-electron chi connectivity index (χ1n) is 5.91. The summed E-state index contributed by atoms with van der Waals surface area (Å²) in [5.74, 6) is 0.337. The molecule has 0 unspecified atom stereocenters. The Morgan fingerprint density at radius 3 is 2.67 bits per heavy atom. The Bertz CT molecular complexity index is 445. The smallest absolute Gasteiger partial charge is 0.293 e. The van der Waals surface area contributed by atoms with Gasteiger partial charge in [0.15, 0.2) is 0 Å². The van der Waals surface area contributed by atoms with Gasteiger partial charge >= 0.3 is 0 Å². The lowest BCUT2D eigenvalue weighted by Gasteiger charge is -2.32. The Balaban J connectivity index is 2.21. The van der Waals surface area contributed by atoms with Gasteiger partial charge < -0.3 is 10.0 Å². The molecule has 0 aromatic heterocycles. The van der Waals surface area contributed by atoms with Crippen LogP contribution in [0.5, 0.6) is 0 Å². The van der Waals surface area contributed by atoms with Crippen molar-refractivity contribution in [3.63, 3.8) is 0 Å². The predicted molar refractivity (Wildman–Crippen MR) is 77.8 cm³/mol. The molecular formula is C12H15IN2O3. The third-order valence-electron chi connectivity index (χ3n) is 3.35. The fourth-order valence-electron chi connectivity index (χ4n) is 2.27. The zero-order valence-corrected chi connectivity index (χ0v) is 12.0. The molecule has 1 N–H and O–H groups in total. The number of aliphatic hydroxyl groups is 1. The van der Waals surface area contributed by atoms with Crippen LogP contribution < -0.4 is 4.90 Å². The highest BCUT2D eigenvalue weighted by atomic mass is 127. The normalized spacial score (nSPS) is 16.9. The first kappa shape index (κ1) is 13.5. The summed E-state index contributed by atoms with van der Waals surface area (Å²) >= 11 is 2.08. The SMILES string of the molecule is O=[N+]([O-])c1cc(I)ccc1N1CCC(CO)CC1. The molecule has 18 heavy (non-hydrogen) atoms. The molecule has 0 bridgehead atoms. The number of nitro groups is 1. The third-order valence-corrected chi connectivity index (χ3v) is 4.02. The van der Waals surface area contributed by atoms with E-state index in [0.29, 0.717) is 11.6 Å². The number of benzene rings is 1. The van der Waals surface area contributed by atoms with Crippen molar-refractivity contribution in [1.29, 1.82) is 0 Å². The van der Waals surface area contributed by atoms with Crippen molar-refractivity contribution < 1.29 is 10.0 Å². The number of hydrogen-bond acceptors (Lipinski definition) is 4. The minimum Gasteiger partial charge on any atom is -0.396 e. The van der Waals surface area contributed by atoms with Crippen LogP contribution in [0.1, 0.15) is 12.8 Å². The Morgan fingerprint density at radius 2 is 2.11 bits per heavy atom. The Labute approximate surface area is 119 Å². The molecule has 0 spiro atoms. The van der Waals surface area contributed by atoms with Gasteiger partial charge in [0, 0.05) is 29.3 Å². The molecule has 0 radical (unpaired) electrons. The van der Waals surface area contributed by atoms with E-state index in [1.807, 2.05) is 17.0 Å². The van der Waals surface area contributed by atoms with Gasteiger partial charge in [-0.1, -0.05) is 0 Å². The molecule has 0 saturated carbocycles. The second-order valence-corrected chi connectivity index (χ2v) is 5.75. The molecule has 6 heteroatoms. The van der Waals surface area contributed by atoms with Crippen molar-refractivity contribution in [2.24, 2.45) is 5.92 Å². The van der Waals surface area contributed by atoms with E-state index in [2.05, 4.69) is 22.6 Å². The summed E-state index contributed by atoms with van der Waals surface area (Å²) < 4.78 is 0.869. The fraction of sp³-hybridized carbons (Fsp3) is 0.500. The molecule has 0 amide bonds. The van der Waals surface area contributed by atoms with Crippen LogP contribution >= 0.6 is 22.6 Å². The highest BCUT2D eigenvalue weighted by Crippen LogP contribution is 2.32. The largest absolute Gasteiger partial charge is 0.396 e. The lowest BCUT2D eigenvalue weighted by atomic mass is 9.97. The average molecular weight is 362 g/mol. The van der Waals surface area contributed by atoms with Gasteiger partial charge in [0.05, 0.1) is 4.92 Å². The molecule has 1 aliphatic rings. The Kier molecular flexibility index (Phi) is 4.39. The van der Waals surface area contributed by atoms with E-state index in [9.17, 15) is 10.1 Å². The first-order chi connectivity index (χ1) is 8.61. The minimum absolute atomic E-state index is 0.171. The van der Waals surface area contributed by atoms with Crippen molar-refractivity contribution in [3.8, 4) is 0 Å². The molecule has 0 atom stereocenters. The highest BCUT2D eigenvalue weighted by molar-refractivity contribution is 14.1. The molecular weight excluding hydrogens is 347 g/mol. The summed E-state index contributed by atoms with van der Waals surface area (Å²) in [6.07, 6.45) is 1.78. The summed E-state index contributed by atoms with van der Waals surface area (Å²) in [5.41, 5.74) is 0.862. The average Bonchev–Trinajstić information content (AvgIpc) is 2.39. The highest BCUT2D eigenvalue weighted by Gasteiger charge is 2.24. The van der Waals surface area contributed by atoms with Crippen LogP contribution in [-0.2, 0) is 0 Å². The van der Waals surface area contributed by atoms with Crippen molar-refractivity contribution in [2.75, 3.05) is 24.6 Å². The second kappa shape index (κ2) is 5.83. The van der Waals surface area contributed by atoms with Gasteiger partial charge in [0.25, 0.3) is 5.69 Å². The first-order valence-corrected chi connectivity index (χ1v) is 6.99. The summed E-state index contributed by atoms with van der Waals surface area (Å²) in [7, 11) is 0. The van der Waals surface area contributed by atoms with Crippen molar-refractivity contribution in [1.82, 2.24) is 0 Å². The van der Waals surface area contributed by atoms with Crippen molar-refractivity contribution in [2.45, 2.75) is 12.8 Å². The van der Waals surface area contributed by atoms with Gasteiger partial charge in [-0.15, -0.1) is 0 Å². The number of rotatable bonds is 3. The maximum Gasteiger partial charge on any atom is 0.293 e. The van der Waals surface area contributed by atoms with E-state index in [0.717, 1.165) is 29.5 Å². The van der Waals surface area contributed by atoms with Crippen LogP contribution in [0.2, 0.25) is 0 Å². The topological polar surface area (TPSA) is 66.6 Å². The standard InChI is InChI=1S/C12H15IN2O3/c13-10-1-2-11(12(7-10)15(17)18)14-5-3-9(8-16)4-6-14/h1-2,7,9,16H,3-6,8H2. The summed E-state index contributed by atoms with van der Waals surface area (Å²) in [6, 6.07) is 5.31. The van der Waals surface area contributed by atoms with Gasteiger partial charge in [0.2, 0.25) is 0 Å². The monoisotopic (exact) mass is 362 g/mol. The van der Waals surface area contributed by atoms with Gasteiger partial charge in [0.1, 0.15) is 5.69 Å². The summed E-state index contributed by atoms with van der Waals surface area (Å²) in [6.45, 7) is 1.75. The van der Waals surface area contributed by atoms with Crippen LogP contribution in [0.25, 0.3) is 0 Å². The second-order valence-electron chi connectivity index (χ2n) is 4.50. The molecule has 1 aromatic carbocycles. The van der Waals surface area contributed by atoms with E-state index in [1.165, 1.54) is 0 Å². The maximum atomic E-state index is 11.1. The minimum atomic E-state index is -0.324. The third kappa shape index (κ3) is 2.92. The van der Waals surface area contributed by atoms with Gasteiger partial charge in [-0.25, -0.2) is 0 Å². The van der Waals surface area contributed by atoms with Crippen LogP contribution in [0.3, 0.4) is 0 Å². The molecule has 1 aromatic rings. The molecule has 1 heterocycles. The predicted octanol–water partition coefficient (Wildman–Crippen LogP) is 2.41. The Hall–Kier alpha value is -0.890. The maximum absolute atomic E-state index is 11.1. The fourth-order valence-corrected chi connectivity index (χ4v) is 2.74. The summed E-state index contributed by atoms with van der Waals surface area (Å²) in [4.78, 5) is 12.8. The van der Waals surface area contributed by atoms with E-state index < -0.39 is 0 Å². The van der Waals surface area contributed by atoms with E-state index in [-0.39, 0.29) is 17.2 Å². The lowest BCUT2D eigenvalue weighted by molar-refractivity contribution is -0.384. The zero-order chi connectivity index (χ0) is 13.1. The molecule has 5 nitrogen and oxygen atoms in total. The number of anilines is 1. The van der Waals surface area contributed by atoms with Crippen LogP contribution in [0.4, 0.5) is 11.4 Å². The number of nitro benzene ring substituents is 1. The quantitative estimate of drug-likeness (QED) is 0.510. The summed E-state index contributed by atoms with van der Waals surface area (Å²) in [5, 5.41) is 20.2. The molecule has 1 saturated heterocycles. The molecule has 98 valence electrons. The molecule has 1 aliphatic heterocycles. The molecule has 1 fully saturated rings. The molecule has 2 rings (SSSR count). The van der Waals surface area contributed by atoms with Gasteiger partial charge in [-0.05, 0) is 53.5 Å². The van der Waals surface area contributed by atoms with E-state index >= 15 is 0 Å². The van der Waals surface area contributed by atoms with E-state index in [4.69, 9.17) is 5.11 Å². The van der Waals surface area contributed by atoms with Crippen LogP contribution in [-0.4, -0.2) is 29.7 Å². The number of hydrogen-bond donors (Lipinski definition) is 1. The van der Waals surface area contributed by atoms with E-state index in [1.54, 1.807) is 6.07 Å².